The van der Waals surface area contributed by atoms with Crippen LogP contribution in [0.15, 0.2) is 34.3 Å². The molecular formula is C11H15N3O2S. The smallest absolute Gasteiger partial charge is 0.178 e. The fraction of sp³-hybridized carbons (Fsp3) is 0.455. The van der Waals surface area contributed by atoms with Gasteiger partial charge in [0.15, 0.2) is 9.84 Å². The first kappa shape index (κ1) is 13.5. The standard InChI is InChI=1S/C11H15N3O2S/c1-9(2)10-3-5-11(6-4-10)17(15,16)8-7-13-14-12/h3-6,9H,7-8H2,1-2H3. The van der Waals surface area contributed by atoms with E-state index in [9.17, 15) is 8.42 Å². The van der Waals surface area contributed by atoms with Gasteiger partial charge < -0.3 is 0 Å². The van der Waals surface area contributed by atoms with Crippen molar-refractivity contribution < 1.29 is 8.42 Å². The summed E-state index contributed by atoms with van der Waals surface area (Å²) in [7, 11) is -3.34. The summed E-state index contributed by atoms with van der Waals surface area (Å²) in [6.07, 6.45) is 0. The summed E-state index contributed by atoms with van der Waals surface area (Å²) in [5, 5.41) is 3.23. The van der Waals surface area contributed by atoms with Gasteiger partial charge in [-0.1, -0.05) is 31.1 Å². The SMILES string of the molecule is CC(C)c1ccc(S(=O)(=O)CCN=[N+]=[N-])cc1. The molecule has 17 heavy (non-hydrogen) atoms. The highest BCUT2D eigenvalue weighted by Gasteiger charge is 2.13. The summed E-state index contributed by atoms with van der Waals surface area (Å²) < 4.78 is 23.6. The molecule has 0 radical (unpaired) electrons. The van der Waals surface area contributed by atoms with Crippen LogP contribution in [0.3, 0.4) is 0 Å². The Kier molecular flexibility index (Phi) is 4.54. The summed E-state index contributed by atoms with van der Waals surface area (Å²) in [5.41, 5.74) is 9.19. The van der Waals surface area contributed by atoms with Crippen LogP contribution in [0.4, 0.5) is 0 Å². The van der Waals surface area contributed by atoms with E-state index in [-0.39, 0.29) is 17.2 Å². The molecule has 1 aromatic carbocycles. The van der Waals surface area contributed by atoms with Crippen molar-refractivity contribution in [2.24, 2.45) is 5.11 Å². The molecule has 0 atom stereocenters. The highest BCUT2D eigenvalue weighted by Crippen LogP contribution is 2.18. The third kappa shape index (κ3) is 3.76. The van der Waals surface area contributed by atoms with Crippen molar-refractivity contribution in [1.29, 1.82) is 0 Å². The molecule has 1 rings (SSSR count). The van der Waals surface area contributed by atoms with Gasteiger partial charge in [0.05, 0.1) is 10.6 Å². The number of rotatable bonds is 5. The lowest BCUT2D eigenvalue weighted by atomic mass is 10.0. The van der Waals surface area contributed by atoms with Crippen molar-refractivity contribution in [1.82, 2.24) is 0 Å². The summed E-state index contributed by atoms with van der Waals surface area (Å²) in [4.78, 5) is 2.80. The van der Waals surface area contributed by atoms with Gasteiger partial charge in [-0.15, -0.1) is 0 Å². The minimum absolute atomic E-state index is 0.0369. The van der Waals surface area contributed by atoms with Crippen molar-refractivity contribution in [3.63, 3.8) is 0 Å². The number of hydrogen-bond acceptors (Lipinski definition) is 3. The first-order chi connectivity index (χ1) is 7.97. The number of nitrogens with zero attached hydrogens (tertiary/aromatic N) is 3. The fourth-order valence-corrected chi connectivity index (χ4v) is 2.49. The molecule has 0 unspecified atom stereocenters. The molecule has 0 aliphatic carbocycles. The molecule has 5 nitrogen and oxygen atoms in total. The van der Waals surface area contributed by atoms with Gasteiger partial charge in [-0.25, -0.2) is 8.42 Å². The first-order valence-electron chi connectivity index (χ1n) is 5.31. The van der Waals surface area contributed by atoms with Crippen LogP contribution >= 0.6 is 0 Å². The molecule has 92 valence electrons. The molecule has 1 aromatic rings. The van der Waals surface area contributed by atoms with E-state index >= 15 is 0 Å². The quantitative estimate of drug-likeness (QED) is 0.459. The maximum absolute atomic E-state index is 11.8. The Bertz CT molecular complexity index is 514. The van der Waals surface area contributed by atoms with E-state index in [1.165, 1.54) is 0 Å². The third-order valence-electron chi connectivity index (χ3n) is 2.43. The molecule has 0 heterocycles. The van der Waals surface area contributed by atoms with Gasteiger partial charge in [0.1, 0.15) is 0 Å². The Labute approximate surface area is 101 Å². The van der Waals surface area contributed by atoms with Crippen molar-refractivity contribution in [3.05, 3.63) is 40.3 Å². The highest BCUT2D eigenvalue weighted by molar-refractivity contribution is 7.91. The summed E-state index contributed by atoms with van der Waals surface area (Å²) in [5.74, 6) is 0.216. The summed E-state index contributed by atoms with van der Waals surface area (Å²) in [6, 6.07) is 6.82. The van der Waals surface area contributed by atoms with Crippen LogP contribution in [0.1, 0.15) is 25.3 Å². The Hall–Kier alpha value is -1.52. The molecule has 0 fully saturated rings. The van der Waals surface area contributed by atoms with Crippen LogP contribution in [0.5, 0.6) is 0 Å². The predicted molar refractivity (Wildman–Crippen MR) is 66.6 cm³/mol. The Balaban J connectivity index is 2.88. The third-order valence-corrected chi connectivity index (χ3v) is 4.14. The molecule has 0 aromatic heterocycles. The molecular weight excluding hydrogens is 238 g/mol. The van der Waals surface area contributed by atoms with E-state index < -0.39 is 9.84 Å². The van der Waals surface area contributed by atoms with Crippen LogP contribution in [-0.2, 0) is 9.84 Å². The number of benzene rings is 1. The molecule has 0 bridgehead atoms. The number of sulfone groups is 1. The molecule has 0 N–H and O–H groups in total. The van der Waals surface area contributed by atoms with Crippen molar-refractivity contribution >= 4 is 9.84 Å². The van der Waals surface area contributed by atoms with Crippen LogP contribution in [0.25, 0.3) is 10.4 Å². The van der Waals surface area contributed by atoms with Crippen molar-refractivity contribution in [2.75, 3.05) is 12.3 Å². The maximum atomic E-state index is 11.8. The summed E-state index contributed by atoms with van der Waals surface area (Å²) in [6.45, 7) is 4.06. The van der Waals surface area contributed by atoms with Gasteiger partial charge in [0, 0.05) is 11.5 Å². The molecule has 0 saturated carbocycles. The van der Waals surface area contributed by atoms with Gasteiger partial charge in [-0.3, -0.25) is 0 Å². The minimum atomic E-state index is -3.34. The van der Waals surface area contributed by atoms with Gasteiger partial charge in [-0.2, -0.15) is 0 Å². The van der Waals surface area contributed by atoms with E-state index in [0.717, 1.165) is 5.56 Å². The van der Waals surface area contributed by atoms with Gasteiger partial charge in [0.25, 0.3) is 0 Å². The molecule has 0 aliphatic rings. The molecule has 6 heteroatoms. The monoisotopic (exact) mass is 253 g/mol. The van der Waals surface area contributed by atoms with Crippen LogP contribution in [0, 0.1) is 0 Å². The lowest BCUT2D eigenvalue weighted by Crippen LogP contribution is -2.09. The Morgan fingerprint density at radius 3 is 2.35 bits per heavy atom. The zero-order chi connectivity index (χ0) is 12.9. The predicted octanol–water partition coefficient (Wildman–Crippen LogP) is 2.89. The number of azide groups is 1. The number of hydrogen-bond donors (Lipinski definition) is 0. The van der Waals surface area contributed by atoms with Gasteiger partial charge >= 0.3 is 0 Å². The normalized spacial score (nSPS) is 11.2. The average molecular weight is 253 g/mol. The van der Waals surface area contributed by atoms with Crippen molar-refractivity contribution in [3.8, 4) is 0 Å². The van der Waals surface area contributed by atoms with Crippen LogP contribution < -0.4 is 0 Å². The first-order valence-corrected chi connectivity index (χ1v) is 6.96. The topological polar surface area (TPSA) is 82.9 Å². The average Bonchev–Trinajstić information content (AvgIpc) is 2.29. The molecule has 0 spiro atoms. The van der Waals surface area contributed by atoms with E-state index in [2.05, 4.69) is 10.0 Å². The summed E-state index contributed by atoms with van der Waals surface area (Å²) >= 11 is 0. The fourth-order valence-electron chi connectivity index (χ4n) is 1.38. The highest BCUT2D eigenvalue weighted by atomic mass is 32.2. The zero-order valence-corrected chi connectivity index (χ0v) is 10.7. The van der Waals surface area contributed by atoms with E-state index in [1.54, 1.807) is 12.1 Å². The second kappa shape index (κ2) is 5.70. The lowest BCUT2D eigenvalue weighted by molar-refractivity contribution is 0.595. The zero-order valence-electron chi connectivity index (χ0n) is 9.87. The Morgan fingerprint density at radius 1 is 1.29 bits per heavy atom. The molecule has 0 amide bonds. The largest absolute Gasteiger partial charge is 0.224 e. The Morgan fingerprint density at radius 2 is 1.88 bits per heavy atom. The second-order valence-electron chi connectivity index (χ2n) is 4.00. The lowest BCUT2D eigenvalue weighted by Gasteiger charge is -2.07. The maximum Gasteiger partial charge on any atom is 0.178 e. The van der Waals surface area contributed by atoms with E-state index in [4.69, 9.17) is 5.53 Å². The molecule has 0 aliphatic heterocycles. The van der Waals surface area contributed by atoms with Gasteiger partial charge in [0.2, 0.25) is 0 Å². The van der Waals surface area contributed by atoms with Crippen LogP contribution in [-0.4, -0.2) is 20.7 Å². The van der Waals surface area contributed by atoms with Crippen molar-refractivity contribution in [2.45, 2.75) is 24.7 Å². The van der Waals surface area contributed by atoms with E-state index in [1.807, 2.05) is 26.0 Å². The van der Waals surface area contributed by atoms with E-state index in [0.29, 0.717) is 5.92 Å². The van der Waals surface area contributed by atoms with Gasteiger partial charge in [-0.05, 0) is 29.1 Å². The second-order valence-corrected chi connectivity index (χ2v) is 6.11. The molecule has 0 saturated heterocycles. The minimum Gasteiger partial charge on any atom is -0.224 e. The van der Waals surface area contributed by atoms with Crippen LogP contribution in [0.2, 0.25) is 0 Å².